The molecule has 1 aromatic heterocycles. The lowest BCUT2D eigenvalue weighted by molar-refractivity contribution is -0.113. The van der Waals surface area contributed by atoms with Crippen molar-refractivity contribution >= 4 is 35.0 Å². The fourth-order valence-corrected chi connectivity index (χ4v) is 3.30. The van der Waals surface area contributed by atoms with Gasteiger partial charge in [0.05, 0.1) is 22.0 Å². The van der Waals surface area contributed by atoms with Gasteiger partial charge < -0.3 is 5.32 Å². The maximum atomic E-state index is 12.2. The lowest BCUT2D eigenvalue weighted by atomic mass is 10.1. The smallest absolute Gasteiger partial charge is 0.234 e. The van der Waals surface area contributed by atoms with Crippen LogP contribution >= 0.6 is 23.4 Å². The zero-order chi connectivity index (χ0) is 19.2. The molecular formula is C20H15ClN4OS. The highest BCUT2D eigenvalue weighted by atomic mass is 35.5. The third-order valence-corrected chi connectivity index (χ3v) is 4.77. The minimum absolute atomic E-state index is 0.162. The molecule has 0 saturated heterocycles. The molecule has 0 aliphatic heterocycles. The summed E-state index contributed by atoms with van der Waals surface area (Å²) in [4.78, 5) is 21.1. The number of rotatable bonds is 5. The molecule has 0 aliphatic carbocycles. The average molecular weight is 395 g/mol. The Morgan fingerprint density at radius 1 is 1.19 bits per heavy atom. The van der Waals surface area contributed by atoms with Gasteiger partial charge in [0.2, 0.25) is 5.91 Å². The molecule has 0 saturated carbocycles. The number of halogens is 1. The second-order valence-electron chi connectivity index (χ2n) is 5.69. The summed E-state index contributed by atoms with van der Waals surface area (Å²) >= 11 is 7.24. The summed E-state index contributed by atoms with van der Waals surface area (Å²) in [6.07, 6.45) is 0. The molecule has 7 heteroatoms. The predicted molar refractivity (Wildman–Crippen MR) is 108 cm³/mol. The Hall–Kier alpha value is -2.88. The summed E-state index contributed by atoms with van der Waals surface area (Å²) in [6.45, 7) is 1.90. The maximum absolute atomic E-state index is 12.2. The van der Waals surface area contributed by atoms with E-state index in [0.29, 0.717) is 21.4 Å². The van der Waals surface area contributed by atoms with Crippen molar-refractivity contribution in [1.82, 2.24) is 9.97 Å². The molecule has 0 aliphatic rings. The highest BCUT2D eigenvalue weighted by Crippen LogP contribution is 2.23. The number of hydrogen-bond donors (Lipinski definition) is 1. The molecule has 0 spiro atoms. The molecule has 0 bridgehead atoms. The van der Waals surface area contributed by atoms with Crippen LogP contribution in [-0.4, -0.2) is 21.6 Å². The molecule has 0 atom stereocenters. The van der Waals surface area contributed by atoms with Gasteiger partial charge in [0.15, 0.2) is 5.16 Å². The van der Waals surface area contributed by atoms with Crippen LogP contribution in [-0.2, 0) is 4.79 Å². The first kappa shape index (κ1) is 18.9. The molecule has 0 fully saturated rings. The molecule has 1 N–H and O–H groups in total. The highest BCUT2D eigenvalue weighted by Gasteiger charge is 2.09. The lowest BCUT2D eigenvalue weighted by Gasteiger charge is -2.07. The number of aryl methyl sites for hydroxylation is 1. The van der Waals surface area contributed by atoms with Crippen molar-refractivity contribution in [3.8, 4) is 17.3 Å². The first-order chi connectivity index (χ1) is 13.0. The fourth-order valence-electron chi connectivity index (χ4n) is 2.37. The van der Waals surface area contributed by atoms with Crippen LogP contribution in [0.3, 0.4) is 0 Å². The Kier molecular flexibility index (Phi) is 6.07. The number of aromatic nitrogens is 2. The Labute approximate surface area is 166 Å². The maximum Gasteiger partial charge on any atom is 0.234 e. The van der Waals surface area contributed by atoms with Crippen molar-refractivity contribution in [1.29, 1.82) is 5.26 Å². The molecule has 27 heavy (non-hydrogen) atoms. The number of thioether (sulfide) groups is 1. The Morgan fingerprint density at radius 2 is 1.96 bits per heavy atom. The standard InChI is InChI=1S/C20H15ClN4OS/c1-13-9-18(14-5-3-2-4-6-14)25-20(23-13)27-12-19(26)24-16-8-7-15(11-22)17(21)10-16/h2-10H,12H2,1H3,(H,24,26). The van der Waals surface area contributed by atoms with Crippen LogP contribution < -0.4 is 5.32 Å². The minimum Gasteiger partial charge on any atom is -0.325 e. The fraction of sp³-hybridized carbons (Fsp3) is 0.100. The number of hydrogen-bond acceptors (Lipinski definition) is 5. The molecule has 5 nitrogen and oxygen atoms in total. The average Bonchev–Trinajstić information content (AvgIpc) is 2.67. The number of amides is 1. The van der Waals surface area contributed by atoms with Crippen LogP contribution in [0.25, 0.3) is 11.3 Å². The summed E-state index contributed by atoms with van der Waals surface area (Å²) in [5, 5.41) is 12.5. The van der Waals surface area contributed by atoms with Gasteiger partial charge in [-0.25, -0.2) is 9.97 Å². The van der Waals surface area contributed by atoms with Gasteiger partial charge in [-0.3, -0.25) is 4.79 Å². The van der Waals surface area contributed by atoms with Crippen molar-refractivity contribution in [2.75, 3.05) is 11.1 Å². The summed E-state index contributed by atoms with van der Waals surface area (Å²) < 4.78 is 0. The van der Waals surface area contributed by atoms with Crippen LogP contribution in [0, 0.1) is 18.3 Å². The zero-order valence-corrected chi connectivity index (χ0v) is 16.0. The second kappa shape index (κ2) is 8.67. The predicted octanol–water partition coefficient (Wildman–Crippen LogP) is 4.71. The summed E-state index contributed by atoms with van der Waals surface area (Å²) in [5.41, 5.74) is 3.57. The first-order valence-electron chi connectivity index (χ1n) is 8.08. The van der Waals surface area contributed by atoms with E-state index in [4.69, 9.17) is 16.9 Å². The molecule has 1 amide bonds. The third-order valence-electron chi connectivity index (χ3n) is 3.61. The van der Waals surface area contributed by atoms with Gasteiger partial charge in [0, 0.05) is 16.9 Å². The lowest BCUT2D eigenvalue weighted by Crippen LogP contribution is -2.14. The Morgan fingerprint density at radius 3 is 2.67 bits per heavy atom. The largest absolute Gasteiger partial charge is 0.325 e. The Bertz CT molecular complexity index is 1020. The molecule has 2 aromatic carbocycles. The van der Waals surface area contributed by atoms with Crippen molar-refractivity contribution in [3.63, 3.8) is 0 Å². The number of benzene rings is 2. The van der Waals surface area contributed by atoms with E-state index in [-0.39, 0.29) is 11.7 Å². The monoisotopic (exact) mass is 394 g/mol. The quantitative estimate of drug-likeness (QED) is 0.501. The van der Waals surface area contributed by atoms with Crippen LogP contribution in [0.4, 0.5) is 5.69 Å². The third kappa shape index (κ3) is 5.07. The van der Waals surface area contributed by atoms with Gasteiger partial charge in [-0.2, -0.15) is 5.26 Å². The number of nitrogens with one attached hydrogen (secondary N) is 1. The molecular weight excluding hydrogens is 380 g/mol. The number of carbonyl (C=O) groups excluding carboxylic acids is 1. The minimum atomic E-state index is -0.202. The number of nitrogens with zero attached hydrogens (tertiary/aromatic N) is 3. The summed E-state index contributed by atoms with van der Waals surface area (Å²) in [6, 6.07) is 18.5. The van der Waals surface area contributed by atoms with Crippen LogP contribution in [0.1, 0.15) is 11.3 Å². The molecule has 3 rings (SSSR count). The first-order valence-corrected chi connectivity index (χ1v) is 9.45. The van der Waals surface area contributed by atoms with Crippen molar-refractivity contribution in [3.05, 3.63) is 70.9 Å². The van der Waals surface area contributed by atoms with E-state index < -0.39 is 0 Å². The summed E-state index contributed by atoms with van der Waals surface area (Å²) in [5.74, 6) is -0.0397. The van der Waals surface area contributed by atoms with Crippen LogP contribution in [0.2, 0.25) is 5.02 Å². The van der Waals surface area contributed by atoms with Gasteiger partial charge in [-0.05, 0) is 31.2 Å². The van der Waals surface area contributed by atoms with E-state index in [9.17, 15) is 4.79 Å². The second-order valence-corrected chi connectivity index (χ2v) is 7.04. The van der Waals surface area contributed by atoms with Crippen molar-refractivity contribution < 1.29 is 4.79 Å². The SMILES string of the molecule is Cc1cc(-c2ccccc2)nc(SCC(=O)Nc2ccc(C#N)c(Cl)c2)n1. The van der Waals surface area contributed by atoms with E-state index in [1.807, 2.05) is 49.4 Å². The molecule has 3 aromatic rings. The van der Waals surface area contributed by atoms with Gasteiger partial charge in [0.1, 0.15) is 6.07 Å². The van der Waals surface area contributed by atoms with Gasteiger partial charge in [-0.15, -0.1) is 0 Å². The summed E-state index contributed by atoms with van der Waals surface area (Å²) in [7, 11) is 0. The Balaban J connectivity index is 1.66. The highest BCUT2D eigenvalue weighted by molar-refractivity contribution is 7.99. The van der Waals surface area contributed by atoms with E-state index in [1.165, 1.54) is 11.8 Å². The van der Waals surface area contributed by atoms with E-state index in [2.05, 4.69) is 15.3 Å². The molecule has 1 heterocycles. The van der Waals surface area contributed by atoms with Crippen molar-refractivity contribution in [2.24, 2.45) is 0 Å². The molecule has 0 unspecified atom stereocenters. The van der Waals surface area contributed by atoms with E-state index in [0.717, 1.165) is 17.0 Å². The van der Waals surface area contributed by atoms with Gasteiger partial charge in [0.25, 0.3) is 0 Å². The van der Waals surface area contributed by atoms with Crippen LogP contribution in [0.15, 0.2) is 59.8 Å². The van der Waals surface area contributed by atoms with E-state index in [1.54, 1.807) is 18.2 Å². The van der Waals surface area contributed by atoms with Crippen molar-refractivity contribution in [2.45, 2.75) is 12.1 Å². The number of carbonyl (C=O) groups is 1. The van der Waals surface area contributed by atoms with Gasteiger partial charge in [-0.1, -0.05) is 53.7 Å². The normalized spacial score (nSPS) is 10.3. The molecule has 134 valence electrons. The number of nitriles is 1. The molecule has 0 radical (unpaired) electrons. The zero-order valence-electron chi connectivity index (χ0n) is 14.4. The topological polar surface area (TPSA) is 78.7 Å². The number of anilines is 1. The van der Waals surface area contributed by atoms with Crippen LogP contribution in [0.5, 0.6) is 0 Å². The van der Waals surface area contributed by atoms with Gasteiger partial charge >= 0.3 is 0 Å². The van der Waals surface area contributed by atoms with E-state index >= 15 is 0 Å².